The van der Waals surface area contributed by atoms with E-state index in [2.05, 4.69) is 51.7 Å². The predicted octanol–water partition coefficient (Wildman–Crippen LogP) is 3.50. The lowest BCUT2D eigenvalue weighted by atomic mass is 9.88. The molecule has 1 rings (SSSR count). The normalized spacial score (nSPS) is 34.5. The third-order valence-corrected chi connectivity index (χ3v) is 4.58. The van der Waals surface area contributed by atoms with Crippen LogP contribution in [0.25, 0.3) is 0 Å². The van der Waals surface area contributed by atoms with Crippen molar-refractivity contribution in [2.45, 2.75) is 52.3 Å². The molecule has 1 nitrogen and oxygen atoms in total. The first-order valence-corrected chi connectivity index (χ1v) is 6.68. The second-order valence-electron chi connectivity index (χ2n) is 6.09. The van der Waals surface area contributed by atoms with Crippen molar-refractivity contribution in [3.05, 3.63) is 0 Å². The molecule has 0 radical (unpaired) electrons. The van der Waals surface area contributed by atoms with Crippen LogP contribution in [0.15, 0.2) is 0 Å². The summed E-state index contributed by atoms with van der Waals surface area (Å²) in [5.74, 6) is 2.15. The molecule has 2 heteroatoms. The molecule has 0 aromatic rings. The van der Waals surface area contributed by atoms with Crippen molar-refractivity contribution in [2.75, 3.05) is 12.3 Å². The molecule has 2 unspecified atom stereocenters. The highest BCUT2D eigenvalue weighted by Gasteiger charge is 2.30. The Kier molecular flexibility index (Phi) is 3.93. The Bertz CT molecular complexity index is 175. The molecule has 1 aliphatic rings. The van der Waals surface area contributed by atoms with Crippen LogP contribution in [0.2, 0.25) is 0 Å². The molecule has 84 valence electrons. The van der Waals surface area contributed by atoms with Gasteiger partial charge in [0.15, 0.2) is 0 Å². The van der Waals surface area contributed by atoms with Gasteiger partial charge in [0.05, 0.1) is 4.87 Å². The van der Waals surface area contributed by atoms with E-state index in [1.54, 1.807) is 0 Å². The second kappa shape index (κ2) is 4.44. The molecule has 0 bridgehead atoms. The second-order valence-corrected chi connectivity index (χ2v) is 7.61. The molecule has 0 aliphatic carbocycles. The quantitative estimate of drug-likeness (QED) is 0.756. The van der Waals surface area contributed by atoms with E-state index >= 15 is 0 Å². The molecule has 0 aromatic heterocycles. The van der Waals surface area contributed by atoms with Gasteiger partial charge in [-0.15, -0.1) is 11.8 Å². The molecule has 14 heavy (non-hydrogen) atoms. The van der Waals surface area contributed by atoms with Crippen molar-refractivity contribution in [2.24, 2.45) is 11.3 Å². The minimum absolute atomic E-state index is 0.333. The van der Waals surface area contributed by atoms with Gasteiger partial charge < -0.3 is 5.32 Å². The fourth-order valence-electron chi connectivity index (χ4n) is 1.60. The Labute approximate surface area is 93.4 Å². The van der Waals surface area contributed by atoms with E-state index in [-0.39, 0.29) is 0 Å². The van der Waals surface area contributed by atoms with Gasteiger partial charge in [-0.2, -0.15) is 0 Å². The fourth-order valence-corrected chi connectivity index (χ4v) is 2.80. The van der Waals surface area contributed by atoms with Crippen LogP contribution in [-0.4, -0.2) is 17.2 Å². The Morgan fingerprint density at radius 1 is 1.43 bits per heavy atom. The SMILES string of the molecule is CC1CNC(C)(CCC(C)(C)C)SC1. The molecular weight excluding hydrogens is 190 g/mol. The molecule has 1 N–H and O–H groups in total. The first-order chi connectivity index (χ1) is 6.31. The van der Waals surface area contributed by atoms with Gasteiger partial charge in [0.25, 0.3) is 0 Å². The maximum absolute atomic E-state index is 3.68. The molecule has 0 spiro atoms. The van der Waals surface area contributed by atoms with Crippen LogP contribution in [0.1, 0.15) is 47.5 Å². The van der Waals surface area contributed by atoms with Crippen LogP contribution in [0.3, 0.4) is 0 Å². The summed E-state index contributed by atoms with van der Waals surface area (Å²) in [6, 6.07) is 0. The van der Waals surface area contributed by atoms with Crippen molar-refractivity contribution in [1.82, 2.24) is 5.32 Å². The summed E-state index contributed by atoms with van der Waals surface area (Å²) in [5, 5.41) is 3.68. The Morgan fingerprint density at radius 3 is 2.50 bits per heavy atom. The largest absolute Gasteiger partial charge is 0.303 e. The standard InChI is InChI=1S/C12H25NS/c1-10-8-13-12(5,14-9-10)7-6-11(2,3)4/h10,13H,6-9H2,1-5H3. The van der Waals surface area contributed by atoms with E-state index in [1.807, 2.05) is 0 Å². The summed E-state index contributed by atoms with van der Waals surface area (Å²) in [4.78, 5) is 0.333. The molecule has 1 fully saturated rings. The molecule has 1 saturated heterocycles. The van der Waals surface area contributed by atoms with Crippen LogP contribution < -0.4 is 5.32 Å². The number of thioether (sulfide) groups is 1. The lowest BCUT2D eigenvalue weighted by molar-refractivity contribution is 0.312. The van der Waals surface area contributed by atoms with Crippen LogP contribution in [0.5, 0.6) is 0 Å². The number of hydrogen-bond donors (Lipinski definition) is 1. The highest BCUT2D eigenvalue weighted by Crippen LogP contribution is 2.35. The summed E-state index contributed by atoms with van der Waals surface area (Å²) < 4.78 is 0. The zero-order chi connectivity index (χ0) is 10.8. The number of hydrogen-bond acceptors (Lipinski definition) is 2. The van der Waals surface area contributed by atoms with E-state index in [9.17, 15) is 0 Å². The molecule has 1 aliphatic heterocycles. The third kappa shape index (κ3) is 4.22. The molecule has 1 heterocycles. The molecular formula is C12H25NS. The molecule has 2 atom stereocenters. The van der Waals surface area contributed by atoms with Crippen molar-refractivity contribution < 1.29 is 0 Å². The lowest BCUT2D eigenvalue weighted by Gasteiger charge is -2.38. The Balaban J connectivity index is 2.36. The summed E-state index contributed by atoms with van der Waals surface area (Å²) in [7, 11) is 0. The van der Waals surface area contributed by atoms with E-state index in [0.717, 1.165) is 5.92 Å². The van der Waals surface area contributed by atoms with Gasteiger partial charge in [-0.1, -0.05) is 27.7 Å². The van der Waals surface area contributed by atoms with Crippen molar-refractivity contribution in [1.29, 1.82) is 0 Å². The van der Waals surface area contributed by atoms with Crippen molar-refractivity contribution in [3.63, 3.8) is 0 Å². The average Bonchev–Trinajstić information content (AvgIpc) is 2.07. The van der Waals surface area contributed by atoms with E-state index in [4.69, 9.17) is 0 Å². The number of nitrogens with one attached hydrogen (secondary N) is 1. The maximum atomic E-state index is 3.68. The highest BCUT2D eigenvalue weighted by molar-refractivity contribution is 8.00. The van der Waals surface area contributed by atoms with Crippen molar-refractivity contribution >= 4 is 11.8 Å². The Hall–Kier alpha value is 0.310. The van der Waals surface area contributed by atoms with Crippen LogP contribution >= 0.6 is 11.8 Å². The summed E-state index contributed by atoms with van der Waals surface area (Å²) in [6.07, 6.45) is 2.59. The van der Waals surface area contributed by atoms with Gasteiger partial charge in [0.1, 0.15) is 0 Å². The van der Waals surface area contributed by atoms with E-state index < -0.39 is 0 Å². The van der Waals surface area contributed by atoms with Gasteiger partial charge in [-0.05, 0) is 43.4 Å². The minimum Gasteiger partial charge on any atom is -0.303 e. The Morgan fingerprint density at radius 2 is 2.07 bits per heavy atom. The van der Waals surface area contributed by atoms with Gasteiger partial charge in [0.2, 0.25) is 0 Å². The van der Waals surface area contributed by atoms with E-state index in [0.29, 0.717) is 10.3 Å². The first-order valence-electron chi connectivity index (χ1n) is 5.70. The monoisotopic (exact) mass is 215 g/mol. The molecule has 0 aromatic carbocycles. The van der Waals surface area contributed by atoms with E-state index in [1.165, 1.54) is 25.1 Å². The number of rotatable bonds is 2. The lowest BCUT2D eigenvalue weighted by Crippen LogP contribution is -2.46. The van der Waals surface area contributed by atoms with Crippen molar-refractivity contribution in [3.8, 4) is 0 Å². The predicted molar refractivity (Wildman–Crippen MR) is 66.7 cm³/mol. The molecule has 0 saturated carbocycles. The van der Waals surface area contributed by atoms with Crippen LogP contribution in [0, 0.1) is 11.3 Å². The van der Waals surface area contributed by atoms with Crippen LogP contribution in [-0.2, 0) is 0 Å². The smallest absolute Gasteiger partial charge is 0.0617 e. The topological polar surface area (TPSA) is 12.0 Å². The van der Waals surface area contributed by atoms with Crippen LogP contribution in [0.4, 0.5) is 0 Å². The first kappa shape index (κ1) is 12.4. The minimum atomic E-state index is 0.333. The summed E-state index contributed by atoms with van der Waals surface area (Å²) >= 11 is 2.10. The summed E-state index contributed by atoms with van der Waals surface area (Å²) in [5.41, 5.74) is 0.467. The highest BCUT2D eigenvalue weighted by atomic mass is 32.2. The van der Waals surface area contributed by atoms with Gasteiger partial charge in [-0.25, -0.2) is 0 Å². The average molecular weight is 215 g/mol. The zero-order valence-electron chi connectivity index (χ0n) is 10.3. The fraction of sp³-hybridized carbons (Fsp3) is 1.00. The van der Waals surface area contributed by atoms with Gasteiger partial charge in [-0.3, -0.25) is 0 Å². The zero-order valence-corrected chi connectivity index (χ0v) is 11.1. The molecule has 0 amide bonds. The van der Waals surface area contributed by atoms with Gasteiger partial charge in [0, 0.05) is 0 Å². The van der Waals surface area contributed by atoms with Gasteiger partial charge >= 0.3 is 0 Å². The third-order valence-electron chi connectivity index (χ3n) is 2.86. The summed E-state index contributed by atoms with van der Waals surface area (Å²) in [6.45, 7) is 12.8. The maximum Gasteiger partial charge on any atom is 0.0617 e.